The molecule has 1 saturated heterocycles. The lowest BCUT2D eigenvalue weighted by atomic mass is 10.1. The molecule has 5 nitrogen and oxygen atoms in total. The van der Waals surface area contributed by atoms with Crippen LogP contribution in [0.5, 0.6) is 5.88 Å². The zero-order valence-corrected chi connectivity index (χ0v) is 9.26. The van der Waals surface area contributed by atoms with Crippen LogP contribution in [0.25, 0.3) is 0 Å². The summed E-state index contributed by atoms with van der Waals surface area (Å²) in [5, 5.41) is 11.9. The molecule has 0 bridgehead atoms. The average molecular weight is 221 g/mol. The minimum atomic E-state index is 0.624. The molecular weight excluding hydrogens is 206 g/mol. The average Bonchev–Trinajstić information content (AvgIpc) is 2.39. The van der Waals surface area contributed by atoms with Crippen LogP contribution in [0, 0.1) is 0 Å². The third kappa shape index (κ3) is 2.24. The fourth-order valence-corrected chi connectivity index (χ4v) is 1.79. The topological polar surface area (TPSA) is 58.0 Å². The van der Waals surface area contributed by atoms with Crippen molar-refractivity contribution in [2.24, 2.45) is 5.16 Å². The van der Waals surface area contributed by atoms with Gasteiger partial charge in [0.1, 0.15) is 5.82 Å². The van der Waals surface area contributed by atoms with E-state index in [1.165, 1.54) is 0 Å². The van der Waals surface area contributed by atoms with Crippen LogP contribution < -0.4 is 9.64 Å². The Labute approximate surface area is 94.4 Å². The Hall–Kier alpha value is -1.78. The Bertz CT molecular complexity index is 383. The maximum atomic E-state index is 8.66. The predicted molar refractivity (Wildman–Crippen MR) is 61.5 cm³/mol. The molecule has 1 aromatic heterocycles. The van der Waals surface area contributed by atoms with Crippen molar-refractivity contribution in [3.63, 3.8) is 0 Å². The van der Waals surface area contributed by atoms with Crippen LogP contribution in [-0.2, 0) is 0 Å². The lowest BCUT2D eigenvalue weighted by Gasteiger charge is -2.28. The first-order valence-electron chi connectivity index (χ1n) is 5.29. The van der Waals surface area contributed by atoms with Crippen molar-refractivity contribution in [2.45, 2.75) is 12.8 Å². The standard InChI is InChI=1S/C11H15N3O2/c1-16-11-4-2-3-10(12-11)14-7-5-9(13-15)6-8-14/h2-4,15H,5-8H2,1H3. The first-order chi connectivity index (χ1) is 7.83. The largest absolute Gasteiger partial charge is 0.481 e. The summed E-state index contributed by atoms with van der Waals surface area (Å²) in [6, 6.07) is 5.72. The van der Waals surface area contributed by atoms with Gasteiger partial charge in [-0.1, -0.05) is 11.2 Å². The van der Waals surface area contributed by atoms with Crippen molar-refractivity contribution in [3.8, 4) is 5.88 Å². The Morgan fingerprint density at radius 1 is 1.38 bits per heavy atom. The number of oxime groups is 1. The van der Waals surface area contributed by atoms with E-state index in [-0.39, 0.29) is 0 Å². The van der Waals surface area contributed by atoms with E-state index in [0.29, 0.717) is 5.88 Å². The lowest BCUT2D eigenvalue weighted by molar-refractivity contribution is 0.315. The van der Waals surface area contributed by atoms with Crippen LogP contribution in [0.15, 0.2) is 23.4 Å². The summed E-state index contributed by atoms with van der Waals surface area (Å²) < 4.78 is 5.09. The van der Waals surface area contributed by atoms with Gasteiger partial charge in [-0.15, -0.1) is 0 Å². The van der Waals surface area contributed by atoms with Gasteiger partial charge in [0.25, 0.3) is 0 Å². The highest BCUT2D eigenvalue weighted by molar-refractivity contribution is 5.86. The molecule has 0 unspecified atom stereocenters. The molecule has 1 aromatic rings. The van der Waals surface area contributed by atoms with E-state index in [1.807, 2.05) is 18.2 Å². The maximum Gasteiger partial charge on any atom is 0.214 e. The minimum absolute atomic E-state index is 0.624. The van der Waals surface area contributed by atoms with E-state index in [4.69, 9.17) is 9.94 Å². The zero-order valence-electron chi connectivity index (χ0n) is 9.26. The third-order valence-electron chi connectivity index (χ3n) is 2.72. The van der Waals surface area contributed by atoms with Gasteiger partial charge in [0.05, 0.1) is 12.8 Å². The number of piperidine rings is 1. The molecule has 1 N–H and O–H groups in total. The number of methoxy groups -OCH3 is 1. The van der Waals surface area contributed by atoms with Crippen LogP contribution in [0.4, 0.5) is 5.82 Å². The fourth-order valence-electron chi connectivity index (χ4n) is 1.79. The van der Waals surface area contributed by atoms with Gasteiger partial charge in [-0.25, -0.2) is 0 Å². The second kappa shape index (κ2) is 4.83. The predicted octanol–water partition coefficient (Wildman–Crippen LogP) is 1.52. The summed E-state index contributed by atoms with van der Waals surface area (Å²) in [5.74, 6) is 1.54. The van der Waals surface area contributed by atoms with Gasteiger partial charge in [-0.2, -0.15) is 4.98 Å². The van der Waals surface area contributed by atoms with E-state index in [9.17, 15) is 0 Å². The number of anilines is 1. The van der Waals surface area contributed by atoms with Crippen molar-refractivity contribution < 1.29 is 9.94 Å². The highest BCUT2D eigenvalue weighted by atomic mass is 16.5. The number of aromatic nitrogens is 1. The third-order valence-corrected chi connectivity index (χ3v) is 2.72. The van der Waals surface area contributed by atoms with Crippen LogP contribution in [0.1, 0.15) is 12.8 Å². The monoisotopic (exact) mass is 221 g/mol. The molecule has 2 heterocycles. The Morgan fingerprint density at radius 2 is 2.12 bits per heavy atom. The highest BCUT2D eigenvalue weighted by Gasteiger charge is 2.16. The number of hydrogen-bond acceptors (Lipinski definition) is 5. The van der Waals surface area contributed by atoms with Crippen molar-refractivity contribution in [3.05, 3.63) is 18.2 Å². The minimum Gasteiger partial charge on any atom is -0.481 e. The number of hydrogen-bond donors (Lipinski definition) is 1. The van der Waals surface area contributed by atoms with Gasteiger partial charge < -0.3 is 14.8 Å². The molecule has 1 aliphatic heterocycles. The van der Waals surface area contributed by atoms with Crippen molar-refractivity contribution in [1.29, 1.82) is 0 Å². The SMILES string of the molecule is COc1cccc(N2CCC(=NO)CC2)n1. The Morgan fingerprint density at radius 3 is 2.75 bits per heavy atom. The van der Waals surface area contributed by atoms with Gasteiger partial charge in [-0.05, 0) is 6.07 Å². The summed E-state index contributed by atoms with van der Waals surface area (Å²) in [5.41, 5.74) is 0.860. The lowest BCUT2D eigenvalue weighted by Crippen LogP contribution is -2.34. The number of rotatable bonds is 2. The maximum absolute atomic E-state index is 8.66. The summed E-state index contributed by atoms with van der Waals surface area (Å²) in [6.07, 6.45) is 1.57. The van der Waals surface area contributed by atoms with Crippen LogP contribution in [-0.4, -0.2) is 36.1 Å². The van der Waals surface area contributed by atoms with E-state index >= 15 is 0 Å². The van der Waals surface area contributed by atoms with Gasteiger partial charge in [-0.3, -0.25) is 0 Å². The highest BCUT2D eigenvalue weighted by Crippen LogP contribution is 2.19. The van der Waals surface area contributed by atoms with E-state index < -0.39 is 0 Å². The van der Waals surface area contributed by atoms with E-state index in [0.717, 1.165) is 37.5 Å². The molecule has 0 spiro atoms. The summed E-state index contributed by atoms with van der Waals surface area (Å²) in [4.78, 5) is 6.53. The second-order valence-electron chi connectivity index (χ2n) is 3.69. The molecule has 0 saturated carbocycles. The zero-order chi connectivity index (χ0) is 11.4. The van der Waals surface area contributed by atoms with Gasteiger partial charge in [0, 0.05) is 32.0 Å². The first kappa shape index (κ1) is 10.7. The quantitative estimate of drug-likeness (QED) is 0.607. The molecule has 1 aliphatic rings. The number of nitrogens with zero attached hydrogens (tertiary/aromatic N) is 3. The van der Waals surface area contributed by atoms with Crippen LogP contribution in [0.3, 0.4) is 0 Å². The van der Waals surface area contributed by atoms with Gasteiger partial charge in [0.15, 0.2) is 0 Å². The van der Waals surface area contributed by atoms with Crippen molar-refractivity contribution >= 4 is 11.5 Å². The molecule has 0 aliphatic carbocycles. The molecule has 1 fully saturated rings. The molecule has 0 atom stereocenters. The summed E-state index contributed by atoms with van der Waals surface area (Å²) in [7, 11) is 1.61. The molecule has 16 heavy (non-hydrogen) atoms. The Balaban J connectivity index is 2.07. The van der Waals surface area contributed by atoms with E-state index in [2.05, 4.69) is 15.0 Å². The molecule has 5 heteroatoms. The molecule has 0 amide bonds. The molecule has 86 valence electrons. The van der Waals surface area contributed by atoms with Gasteiger partial charge >= 0.3 is 0 Å². The summed E-state index contributed by atoms with van der Waals surface area (Å²) >= 11 is 0. The first-order valence-corrected chi connectivity index (χ1v) is 5.29. The van der Waals surface area contributed by atoms with Gasteiger partial charge in [0.2, 0.25) is 5.88 Å². The Kier molecular flexibility index (Phi) is 3.24. The van der Waals surface area contributed by atoms with Crippen molar-refractivity contribution in [1.82, 2.24) is 4.98 Å². The van der Waals surface area contributed by atoms with Crippen LogP contribution >= 0.6 is 0 Å². The van der Waals surface area contributed by atoms with Crippen LogP contribution in [0.2, 0.25) is 0 Å². The second-order valence-corrected chi connectivity index (χ2v) is 3.69. The smallest absolute Gasteiger partial charge is 0.214 e. The van der Waals surface area contributed by atoms with Crippen molar-refractivity contribution in [2.75, 3.05) is 25.1 Å². The number of pyridine rings is 1. The fraction of sp³-hybridized carbons (Fsp3) is 0.455. The molecule has 0 radical (unpaired) electrons. The van der Waals surface area contributed by atoms with E-state index in [1.54, 1.807) is 7.11 Å². The molecule has 2 rings (SSSR count). The molecule has 0 aromatic carbocycles. The summed E-state index contributed by atoms with van der Waals surface area (Å²) in [6.45, 7) is 1.67. The number of ether oxygens (including phenoxy) is 1. The molecular formula is C11H15N3O2. The normalized spacial score (nSPS) is 16.1.